The summed E-state index contributed by atoms with van der Waals surface area (Å²) in [4.78, 5) is 2.31. The van der Waals surface area contributed by atoms with Crippen LogP contribution in [0.2, 0.25) is 0 Å². The minimum atomic E-state index is 0.273. The highest BCUT2D eigenvalue weighted by molar-refractivity contribution is 5.49. The molecule has 0 bridgehead atoms. The maximum absolute atomic E-state index is 8.75. The van der Waals surface area contributed by atoms with Crippen LogP contribution in [-0.4, -0.2) is 32.3 Å². The number of ether oxygens (including phenoxy) is 1. The number of nitrogens with zero attached hydrogens (tertiary/aromatic N) is 2. The summed E-state index contributed by atoms with van der Waals surface area (Å²) >= 11 is 0. The van der Waals surface area contributed by atoms with E-state index in [2.05, 4.69) is 28.4 Å². The zero-order valence-corrected chi connectivity index (χ0v) is 10.7. The lowest BCUT2D eigenvalue weighted by Gasteiger charge is -2.34. The molecule has 0 aliphatic carbocycles. The zero-order valence-electron chi connectivity index (χ0n) is 10.7. The van der Waals surface area contributed by atoms with Gasteiger partial charge in [0.15, 0.2) is 0 Å². The molecule has 1 unspecified atom stereocenters. The molecule has 2 rings (SSSR count). The molecule has 4 heteroatoms. The Hall–Kier alpha value is -1.73. The van der Waals surface area contributed by atoms with Crippen molar-refractivity contribution in [1.82, 2.24) is 5.32 Å². The van der Waals surface area contributed by atoms with E-state index in [0.717, 1.165) is 25.4 Å². The summed E-state index contributed by atoms with van der Waals surface area (Å²) in [7, 11) is 0. The average Bonchev–Trinajstić information content (AvgIpc) is 2.41. The van der Waals surface area contributed by atoms with Crippen LogP contribution in [0.25, 0.3) is 0 Å². The first-order chi connectivity index (χ1) is 8.83. The number of nitriles is 1. The van der Waals surface area contributed by atoms with Crippen LogP contribution >= 0.6 is 0 Å². The molecule has 0 spiro atoms. The van der Waals surface area contributed by atoms with Crippen molar-refractivity contribution in [3.05, 3.63) is 24.3 Å². The second-order valence-electron chi connectivity index (χ2n) is 4.39. The molecule has 1 heterocycles. The SMILES string of the molecule is CCOc1ccc(N2CCNC(CC#N)C2)cc1. The van der Waals surface area contributed by atoms with E-state index in [1.54, 1.807) is 0 Å². The second-order valence-corrected chi connectivity index (χ2v) is 4.39. The molecule has 0 aromatic heterocycles. The first-order valence-electron chi connectivity index (χ1n) is 6.41. The number of piperazine rings is 1. The highest BCUT2D eigenvalue weighted by Gasteiger charge is 2.19. The molecule has 0 saturated carbocycles. The Labute approximate surface area is 108 Å². The zero-order chi connectivity index (χ0) is 12.8. The summed E-state index contributed by atoms with van der Waals surface area (Å²) in [6, 6.07) is 10.7. The van der Waals surface area contributed by atoms with Gasteiger partial charge in [0.05, 0.1) is 19.1 Å². The van der Waals surface area contributed by atoms with Gasteiger partial charge in [-0.3, -0.25) is 0 Å². The van der Waals surface area contributed by atoms with E-state index in [1.165, 1.54) is 5.69 Å². The van der Waals surface area contributed by atoms with Gasteiger partial charge in [-0.25, -0.2) is 0 Å². The van der Waals surface area contributed by atoms with Gasteiger partial charge in [-0.15, -0.1) is 0 Å². The number of anilines is 1. The first-order valence-corrected chi connectivity index (χ1v) is 6.41. The predicted octanol–water partition coefficient (Wildman–Crippen LogP) is 1.78. The summed E-state index contributed by atoms with van der Waals surface area (Å²) in [6.45, 7) is 5.48. The van der Waals surface area contributed by atoms with Crippen LogP contribution in [0, 0.1) is 11.3 Å². The summed E-state index contributed by atoms with van der Waals surface area (Å²) in [5.74, 6) is 0.907. The molecule has 18 heavy (non-hydrogen) atoms. The highest BCUT2D eigenvalue weighted by atomic mass is 16.5. The molecule has 1 aliphatic rings. The molecule has 1 aromatic carbocycles. The normalized spacial score (nSPS) is 19.3. The lowest BCUT2D eigenvalue weighted by Crippen LogP contribution is -2.50. The highest BCUT2D eigenvalue weighted by Crippen LogP contribution is 2.20. The maximum atomic E-state index is 8.75. The van der Waals surface area contributed by atoms with Crippen LogP contribution in [0.4, 0.5) is 5.69 Å². The molecular weight excluding hydrogens is 226 g/mol. The van der Waals surface area contributed by atoms with Gasteiger partial charge in [-0.2, -0.15) is 5.26 Å². The Bertz CT molecular complexity index is 410. The van der Waals surface area contributed by atoms with Crippen LogP contribution in [0.15, 0.2) is 24.3 Å². The molecule has 1 aliphatic heterocycles. The van der Waals surface area contributed by atoms with Crippen molar-refractivity contribution in [1.29, 1.82) is 5.26 Å². The van der Waals surface area contributed by atoms with E-state index in [1.807, 2.05) is 19.1 Å². The predicted molar refractivity (Wildman–Crippen MR) is 71.8 cm³/mol. The minimum absolute atomic E-state index is 0.273. The van der Waals surface area contributed by atoms with E-state index in [0.29, 0.717) is 13.0 Å². The van der Waals surface area contributed by atoms with E-state index in [-0.39, 0.29) is 6.04 Å². The Morgan fingerprint density at radius 3 is 2.89 bits per heavy atom. The third kappa shape index (κ3) is 3.14. The fraction of sp³-hybridized carbons (Fsp3) is 0.500. The lowest BCUT2D eigenvalue weighted by atomic mass is 10.1. The number of nitrogens with one attached hydrogen (secondary N) is 1. The van der Waals surface area contributed by atoms with Gasteiger partial charge < -0.3 is 15.0 Å². The maximum Gasteiger partial charge on any atom is 0.119 e. The summed E-state index contributed by atoms with van der Waals surface area (Å²) in [5.41, 5.74) is 1.20. The van der Waals surface area contributed by atoms with Crippen molar-refractivity contribution in [2.45, 2.75) is 19.4 Å². The average molecular weight is 245 g/mol. The Balaban J connectivity index is 2.00. The largest absolute Gasteiger partial charge is 0.494 e. The van der Waals surface area contributed by atoms with Gasteiger partial charge in [0, 0.05) is 31.4 Å². The topological polar surface area (TPSA) is 48.3 Å². The molecule has 1 N–H and O–H groups in total. The molecule has 4 nitrogen and oxygen atoms in total. The van der Waals surface area contributed by atoms with Crippen molar-refractivity contribution in [2.24, 2.45) is 0 Å². The van der Waals surface area contributed by atoms with Gasteiger partial charge in [-0.05, 0) is 31.2 Å². The van der Waals surface area contributed by atoms with Gasteiger partial charge >= 0.3 is 0 Å². The summed E-state index contributed by atoms with van der Waals surface area (Å²) < 4.78 is 5.43. The van der Waals surface area contributed by atoms with E-state index >= 15 is 0 Å². The number of hydrogen-bond donors (Lipinski definition) is 1. The molecule has 1 atom stereocenters. The van der Waals surface area contributed by atoms with Crippen molar-refractivity contribution in [2.75, 3.05) is 31.1 Å². The first kappa shape index (κ1) is 12.7. The van der Waals surface area contributed by atoms with Gasteiger partial charge in [-0.1, -0.05) is 0 Å². The molecule has 1 saturated heterocycles. The van der Waals surface area contributed by atoms with Crippen LogP contribution in [0.5, 0.6) is 5.75 Å². The van der Waals surface area contributed by atoms with Crippen molar-refractivity contribution < 1.29 is 4.74 Å². The fourth-order valence-corrected chi connectivity index (χ4v) is 2.23. The number of rotatable bonds is 4. The number of benzene rings is 1. The molecule has 1 fully saturated rings. The van der Waals surface area contributed by atoms with Gasteiger partial charge in [0.1, 0.15) is 5.75 Å². The fourth-order valence-electron chi connectivity index (χ4n) is 2.23. The molecule has 96 valence electrons. The monoisotopic (exact) mass is 245 g/mol. The van der Waals surface area contributed by atoms with Crippen molar-refractivity contribution in [3.8, 4) is 11.8 Å². The smallest absolute Gasteiger partial charge is 0.119 e. The van der Waals surface area contributed by atoms with Crippen molar-refractivity contribution >= 4 is 5.69 Å². The minimum Gasteiger partial charge on any atom is -0.494 e. The Morgan fingerprint density at radius 2 is 2.22 bits per heavy atom. The molecule has 0 radical (unpaired) electrons. The standard InChI is InChI=1S/C14H19N3O/c1-2-18-14-5-3-13(4-6-14)17-10-9-16-12(11-17)7-8-15/h3-6,12,16H,2,7,9-11H2,1H3. The molecular formula is C14H19N3O. The van der Waals surface area contributed by atoms with Crippen LogP contribution < -0.4 is 15.0 Å². The van der Waals surface area contributed by atoms with E-state index in [4.69, 9.17) is 10.00 Å². The lowest BCUT2D eigenvalue weighted by molar-refractivity contribution is 0.340. The van der Waals surface area contributed by atoms with E-state index in [9.17, 15) is 0 Å². The van der Waals surface area contributed by atoms with Gasteiger partial charge in [0.2, 0.25) is 0 Å². The summed E-state index contributed by atoms with van der Waals surface area (Å²) in [6.07, 6.45) is 0.563. The van der Waals surface area contributed by atoms with Crippen LogP contribution in [-0.2, 0) is 0 Å². The Kier molecular flexibility index (Phi) is 4.43. The third-order valence-corrected chi connectivity index (χ3v) is 3.11. The summed E-state index contributed by atoms with van der Waals surface area (Å²) in [5, 5.41) is 12.1. The Morgan fingerprint density at radius 1 is 1.44 bits per heavy atom. The van der Waals surface area contributed by atoms with E-state index < -0.39 is 0 Å². The van der Waals surface area contributed by atoms with Gasteiger partial charge in [0.25, 0.3) is 0 Å². The van der Waals surface area contributed by atoms with Crippen LogP contribution in [0.1, 0.15) is 13.3 Å². The third-order valence-electron chi connectivity index (χ3n) is 3.11. The quantitative estimate of drug-likeness (QED) is 0.878. The number of hydrogen-bond acceptors (Lipinski definition) is 4. The van der Waals surface area contributed by atoms with Crippen LogP contribution in [0.3, 0.4) is 0 Å². The van der Waals surface area contributed by atoms with Crippen molar-refractivity contribution in [3.63, 3.8) is 0 Å². The molecule has 0 amide bonds. The molecule has 1 aromatic rings. The second kappa shape index (κ2) is 6.27.